The standard InChI is InChI=1S/C13H8BrClFNO3/c14-9-2-4-13(11(6-9)17(18)19)20-12-3-1-8(7-15)5-10(12)16/h1-6H,7H2. The molecule has 2 rings (SSSR count). The Labute approximate surface area is 127 Å². The lowest BCUT2D eigenvalue weighted by molar-refractivity contribution is -0.385. The zero-order valence-corrected chi connectivity index (χ0v) is 12.3. The number of halogens is 3. The van der Waals surface area contributed by atoms with Crippen molar-refractivity contribution in [3.8, 4) is 11.5 Å². The molecule has 0 saturated carbocycles. The summed E-state index contributed by atoms with van der Waals surface area (Å²) in [6, 6.07) is 8.48. The van der Waals surface area contributed by atoms with Crippen molar-refractivity contribution in [3.05, 3.63) is 62.4 Å². The molecule has 0 saturated heterocycles. The number of ether oxygens (including phenoxy) is 1. The van der Waals surface area contributed by atoms with Gasteiger partial charge in [0.1, 0.15) is 0 Å². The first-order valence-corrected chi connectivity index (χ1v) is 6.80. The van der Waals surface area contributed by atoms with E-state index >= 15 is 0 Å². The minimum Gasteiger partial charge on any atom is -0.447 e. The minimum absolute atomic E-state index is 0.0317. The number of rotatable bonds is 4. The van der Waals surface area contributed by atoms with Crippen molar-refractivity contribution in [2.24, 2.45) is 0 Å². The van der Waals surface area contributed by atoms with Gasteiger partial charge in [-0.3, -0.25) is 10.1 Å². The highest BCUT2D eigenvalue weighted by Gasteiger charge is 2.17. The van der Waals surface area contributed by atoms with Crippen LogP contribution in [0, 0.1) is 15.9 Å². The Morgan fingerprint density at radius 2 is 1.95 bits per heavy atom. The Kier molecular flexibility index (Phi) is 4.57. The van der Waals surface area contributed by atoms with Gasteiger partial charge < -0.3 is 4.74 Å². The second kappa shape index (κ2) is 6.19. The second-order valence-corrected chi connectivity index (χ2v) is 5.05. The predicted molar refractivity (Wildman–Crippen MR) is 76.8 cm³/mol. The Morgan fingerprint density at radius 1 is 1.25 bits per heavy atom. The lowest BCUT2D eigenvalue weighted by Gasteiger charge is -2.08. The monoisotopic (exact) mass is 359 g/mol. The van der Waals surface area contributed by atoms with Crippen molar-refractivity contribution in [2.75, 3.05) is 0 Å². The molecule has 2 aromatic carbocycles. The molecular weight excluding hydrogens is 353 g/mol. The summed E-state index contributed by atoms with van der Waals surface area (Å²) < 4.78 is 19.6. The third-order valence-electron chi connectivity index (χ3n) is 2.49. The smallest absolute Gasteiger partial charge is 0.312 e. The fraction of sp³-hybridized carbons (Fsp3) is 0.0769. The number of nitro benzene ring substituents is 1. The summed E-state index contributed by atoms with van der Waals surface area (Å²) in [5, 5.41) is 10.9. The Morgan fingerprint density at radius 3 is 2.55 bits per heavy atom. The summed E-state index contributed by atoms with van der Waals surface area (Å²) in [6.07, 6.45) is 0. The van der Waals surface area contributed by atoms with Gasteiger partial charge in [-0.1, -0.05) is 22.0 Å². The van der Waals surface area contributed by atoms with E-state index in [4.69, 9.17) is 16.3 Å². The molecule has 2 aromatic rings. The zero-order chi connectivity index (χ0) is 14.7. The number of nitro groups is 1. The number of hydrogen-bond donors (Lipinski definition) is 0. The molecule has 0 aromatic heterocycles. The summed E-state index contributed by atoms with van der Waals surface area (Å²) in [5.41, 5.74) is 0.349. The highest BCUT2D eigenvalue weighted by molar-refractivity contribution is 9.10. The van der Waals surface area contributed by atoms with Gasteiger partial charge in [-0.2, -0.15) is 0 Å². The number of benzene rings is 2. The van der Waals surface area contributed by atoms with E-state index in [1.807, 2.05) is 0 Å². The molecule has 4 nitrogen and oxygen atoms in total. The summed E-state index contributed by atoms with van der Waals surface area (Å²) in [7, 11) is 0. The Hall–Kier alpha value is -1.66. The molecule has 7 heteroatoms. The van der Waals surface area contributed by atoms with Crippen LogP contribution in [0.3, 0.4) is 0 Å². The van der Waals surface area contributed by atoms with Gasteiger partial charge in [-0.25, -0.2) is 4.39 Å². The average molecular weight is 361 g/mol. The lowest BCUT2D eigenvalue weighted by atomic mass is 10.2. The molecule has 20 heavy (non-hydrogen) atoms. The maximum absolute atomic E-state index is 13.8. The third kappa shape index (κ3) is 3.26. The molecule has 0 aliphatic heterocycles. The van der Waals surface area contributed by atoms with E-state index in [1.165, 1.54) is 24.3 Å². The van der Waals surface area contributed by atoms with Crippen molar-refractivity contribution in [1.29, 1.82) is 0 Å². The quantitative estimate of drug-likeness (QED) is 0.436. The fourth-order valence-electron chi connectivity index (χ4n) is 1.55. The molecule has 0 heterocycles. The Bertz CT molecular complexity index is 666. The van der Waals surface area contributed by atoms with Crippen LogP contribution in [0.1, 0.15) is 5.56 Å². The molecule has 0 fully saturated rings. The van der Waals surface area contributed by atoms with Crippen LogP contribution in [-0.2, 0) is 5.88 Å². The maximum atomic E-state index is 13.8. The summed E-state index contributed by atoms with van der Waals surface area (Å²) >= 11 is 8.73. The van der Waals surface area contributed by atoms with E-state index in [0.717, 1.165) is 0 Å². The van der Waals surface area contributed by atoms with E-state index < -0.39 is 10.7 Å². The molecule has 0 N–H and O–H groups in total. The molecule has 0 atom stereocenters. The number of alkyl halides is 1. The van der Waals surface area contributed by atoms with Crippen LogP contribution in [0.5, 0.6) is 11.5 Å². The molecule has 0 radical (unpaired) electrons. The van der Waals surface area contributed by atoms with Crippen molar-refractivity contribution in [1.82, 2.24) is 0 Å². The van der Waals surface area contributed by atoms with E-state index in [9.17, 15) is 14.5 Å². The molecule has 104 valence electrons. The Balaban J connectivity index is 2.37. The first kappa shape index (κ1) is 14.7. The maximum Gasteiger partial charge on any atom is 0.312 e. The SMILES string of the molecule is O=[N+]([O-])c1cc(Br)ccc1Oc1ccc(CCl)cc1F. The van der Waals surface area contributed by atoms with Crippen LogP contribution in [-0.4, -0.2) is 4.92 Å². The van der Waals surface area contributed by atoms with Crippen molar-refractivity contribution >= 4 is 33.2 Å². The molecule has 0 unspecified atom stereocenters. The highest BCUT2D eigenvalue weighted by atomic mass is 79.9. The van der Waals surface area contributed by atoms with Crippen LogP contribution >= 0.6 is 27.5 Å². The van der Waals surface area contributed by atoms with Gasteiger partial charge in [-0.05, 0) is 29.8 Å². The van der Waals surface area contributed by atoms with Crippen LogP contribution in [0.2, 0.25) is 0 Å². The van der Waals surface area contributed by atoms with Crippen molar-refractivity contribution < 1.29 is 14.1 Å². The first-order chi connectivity index (χ1) is 9.51. The van der Waals surface area contributed by atoms with Crippen molar-refractivity contribution in [3.63, 3.8) is 0 Å². The van der Waals surface area contributed by atoms with Gasteiger partial charge in [0.15, 0.2) is 11.6 Å². The van der Waals surface area contributed by atoms with Gasteiger partial charge in [0.05, 0.1) is 4.92 Å². The van der Waals surface area contributed by atoms with E-state index in [0.29, 0.717) is 10.0 Å². The van der Waals surface area contributed by atoms with Crippen LogP contribution in [0.4, 0.5) is 10.1 Å². The molecule has 0 aliphatic carbocycles. The van der Waals surface area contributed by atoms with Gasteiger partial charge in [0, 0.05) is 16.4 Å². The van der Waals surface area contributed by atoms with Gasteiger partial charge in [0.25, 0.3) is 0 Å². The fourth-order valence-corrected chi connectivity index (χ4v) is 2.06. The van der Waals surface area contributed by atoms with E-state index in [-0.39, 0.29) is 23.1 Å². The normalized spacial score (nSPS) is 10.3. The largest absolute Gasteiger partial charge is 0.447 e. The summed E-state index contributed by atoms with van der Waals surface area (Å²) in [6.45, 7) is 0. The van der Waals surface area contributed by atoms with Gasteiger partial charge in [-0.15, -0.1) is 11.6 Å². The molecular formula is C13H8BrClFNO3. The zero-order valence-electron chi connectivity index (χ0n) is 9.98. The average Bonchev–Trinajstić information content (AvgIpc) is 2.42. The minimum atomic E-state index is -0.625. The van der Waals surface area contributed by atoms with Crippen LogP contribution in [0.15, 0.2) is 40.9 Å². The van der Waals surface area contributed by atoms with E-state index in [2.05, 4.69) is 15.9 Å². The van der Waals surface area contributed by atoms with Gasteiger partial charge >= 0.3 is 5.69 Å². The van der Waals surface area contributed by atoms with Gasteiger partial charge in [0.2, 0.25) is 5.75 Å². The summed E-state index contributed by atoms with van der Waals surface area (Å²) in [4.78, 5) is 10.4. The molecule has 0 aliphatic rings. The third-order valence-corrected chi connectivity index (χ3v) is 3.29. The highest BCUT2D eigenvalue weighted by Crippen LogP contribution is 2.34. The van der Waals surface area contributed by atoms with Crippen LogP contribution < -0.4 is 4.74 Å². The van der Waals surface area contributed by atoms with E-state index in [1.54, 1.807) is 12.1 Å². The second-order valence-electron chi connectivity index (χ2n) is 3.87. The lowest BCUT2D eigenvalue weighted by Crippen LogP contribution is -1.95. The molecule has 0 spiro atoms. The topological polar surface area (TPSA) is 52.4 Å². The predicted octanol–water partition coefficient (Wildman–Crippen LogP) is 5.03. The summed E-state index contributed by atoms with van der Waals surface area (Å²) in [5.74, 6) is -0.573. The number of nitrogens with zero attached hydrogens (tertiary/aromatic N) is 1. The van der Waals surface area contributed by atoms with Crippen LogP contribution in [0.25, 0.3) is 0 Å². The molecule has 0 bridgehead atoms. The molecule has 0 amide bonds. The first-order valence-electron chi connectivity index (χ1n) is 5.47. The van der Waals surface area contributed by atoms with Crippen molar-refractivity contribution in [2.45, 2.75) is 5.88 Å². The number of hydrogen-bond acceptors (Lipinski definition) is 3.